The molecular weight excluding hydrogens is 380 g/mol. The number of rotatable bonds is 6. The third-order valence-electron chi connectivity index (χ3n) is 4.20. The lowest BCUT2D eigenvalue weighted by molar-refractivity contribution is 0.0695. The molecule has 0 radical (unpaired) electrons. The fourth-order valence-corrected chi connectivity index (χ4v) is 2.88. The molecule has 0 amide bonds. The highest BCUT2D eigenvalue weighted by Crippen LogP contribution is 2.39. The minimum absolute atomic E-state index is 0.0447. The average Bonchev–Trinajstić information content (AvgIpc) is 3.21. The number of aromatic carboxylic acids is 1. The zero-order valence-electron chi connectivity index (χ0n) is 15.5. The Morgan fingerprint density at radius 1 is 1.00 bits per heavy atom. The first-order chi connectivity index (χ1) is 14.1. The Morgan fingerprint density at radius 3 is 2.41 bits per heavy atom. The lowest BCUT2D eigenvalue weighted by Crippen LogP contribution is -2.05. The number of benzene rings is 2. The highest BCUT2D eigenvalue weighted by Gasteiger charge is 2.22. The van der Waals surface area contributed by atoms with Crippen LogP contribution in [0.2, 0.25) is 0 Å². The van der Waals surface area contributed by atoms with Gasteiger partial charge in [-0.15, -0.1) is 0 Å². The molecule has 0 saturated carbocycles. The summed E-state index contributed by atoms with van der Waals surface area (Å²) in [4.78, 5) is 20.2. The van der Waals surface area contributed by atoms with E-state index in [0.29, 0.717) is 22.6 Å². The van der Waals surface area contributed by atoms with Crippen molar-refractivity contribution >= 4 is 5.97 Å². The highest BCUT2D eigenvalue weighted by molar-refractivity contribution is 5.99. The van der Waals surface area contributed by atoms with Crippen molar-refractivity contribution < 1.29 is 33.6 Å². The maximum Gasteiger partial charge on any atom is 0.340 e. The van der Waals surface area contributed by atoms with Crippen LogP contribution in [0.25, 0.3) is 11.1 Å². The maximum atomic E-state index is 12.1. The molecule has 148 valence electrons. The van der Waals surface area contributed by atoms with Gasteiger partial charge in [-0.3, -0.25) is 0 Å². The summed E-state index contributed by atoms with van der Waals surface area (Å²) in [6, 6.07) is 11.5. The van der Waals surface area contributed by atoms with Gasteiger partial charge in [-0.25, -0.2) is 4.79 Å². The van der Waals surface area contributed by atoms with Gasteiger partial charge in [0.1, 0.15) is 11.3 Å². The van der Waals surface area contributed by atoms with Gasteiger partial charge in [0.25, 0.3) is 0 Å². The minimum atomic E-state index is -1.16. The van der Waals surface area contributed by atoms with E-state index < -0.39 is 5.97 Å². The second kappa shape index (κ2) is 7.55. The van der Waals surface area contributed by atoms with E-state index >= 15 is 0 Å². The van der Waals surface area contributed by atoms with E-state index in [1.54, 1.807) is 30.3 Å². The van der Waals surface area contributed by atoms with Crippen molar-refractivity contribution in [2.45, 2.75) is 0 Å². The number of nitrogens with zero attached hydrogens (tertiary/aromatic N) is 2. The van der Waals surface area contributed by atoms with E-state index in [9.17, 15) is 9.90 Å². The smallest absolute Gasteiger partial charge is 0.340 e. The molecule has 1 aliphatic heterocycles. The summed E-state index contributed by atoms with van der Waals surface area (Å²) in [5.41, 5.74) is 1.04. The number of carboxylic acid groups (broad SMARTS) is 1. The van der Waals surface area contributed by atoms with Gasteiger partial charge in [-0.2, -0.15) is 9.97 Å². The summed E-state index contributed by atoms with van der Waals surface area (Å²) in [5.74, 6) is 0.498. The molecule has 29 heavy (non-hydrogen) atoms. The molecule has 0 saturated heterocycles. The summed E-state index contributed by atoms with van der Waals surface area (Å²) in [7, 11) is 2.88. The van der Waals surface area contributed by atoms with E-state index in [1.165, 1.54) is 26.4 Å². The molecule has 0 atom stereocenters. The molecule has 1 aromatic heterocycles. The predicted octanol–water partition coefficient (Wildman–Crippen LogP) is 3.38. The van der Waals surface area contributed by atoms with Crippen LogP contribution in [0.5, 0.6) is 35.0 Å². The van der Waals surface area contributed by atoms with Crippen molar-refractivity contribution in [3.8, 4) is 46.1 Å². The third-order valence-corrected chi connectivity index (χ3v) is 4.20. The lowest BCUT2D eigenvalue weighted by Gasteiger charge is -2.13. The SMILES string of the molecule is COc1cc(OC)nc(Oc2cccc(-c3ccc4c(c3)OCO4)c2C(=O)O)n1. The number of aromatic nitrogens is 2. The van der Waals surface area contributed by atoms with Gasteiger partial charge < -0.3 is 28.8 Å². The molecule has 2 aromatic carbocycles. The topological polar surface area (TPSA) is 109 Å². The molecule has 0 fully saturated rings. The predicted molar refractivity (Wildman–Crippen MR) is 100 cm³/mol. The maximum absolute atomic E-state index is 12.1. The molecule has 0 aliphatic carbocycles. The molecule has 3 aromatic rings. The number of fused-ring (bicyclic) bond motifs is 1. The van der Waals surface area contributed by atoms with Crippen molar-refractivity contribution in [1.82, 2.24) is 9.97 Å². The second-order valence-corrected chi connectivity index (χ2v) is 5.89. The lowest BCUT2D eigenvalue weighted by atomic mass is 9.98. The molecule has 1 N–H and O–H groups in total. The summed E-state index contributed by atoms with van der Waals surface area (Å²) in [5, 5.41) is 9.85. The number of hydrogen-bond donors (Lipinski definition) is 1. The van der Waals surface area contributed by atoms with Crippen molar-refractivity contribution in [1.29, 1.82) is 0 Å². The van der Waals surface area contributed by atoms with Crippen LogP contribution in [-0.2, 0) is 0 Å². The summed E-state index contributed by atoms with van der Waals surface area (Å²) in [6.45, 7) is 0.128. The molecule has 4 rings (SSSR count). The van der Waals surface area contributed by atoms with Gasteiger partial charge in [0.2, 0.25) is 18.6 Å². The van der Waals surface area contributed by atoms with Crippen molar-refractivity contribution in [2.75, 3.05) is 21.0 Å². The Morgan fingerprint density at radius 2 is 1.72 bits per heavy atom. The second-order valence-electron chi connectivity index (χ2n) is 5.89. The normalized spacial score (nSPS) is 11.8. The Bertz CT molecular complexity index is 1060. The summed E-state index contributed by atoms with van der Waals surface area (Å²) >= 11 is 0. The van der Waals surface area contributed by atoms with Crippen LogP contribution in [0.1, 0.15) is 10.4 Å². The van der Waals surface area contributed by atoms with Gasteiger partial charge in [-0.05, 0) is 23.8 Å². The van der Waals surface area contributed by atoms with Crippen molar-refractivity contribution in [3.05, 3.63) is 48.0 Å². The zero-order valence-corrected chi connectivity index (χ0v) is 15.5. The monoisotopic (exact) mass is 396 g/mol. The molecule has 2 heterocycles. The van der Waals surface area contributed by atoms with Crippen LogP contribution < -0.4 is 23.7 Å². The molecular formula is C20H16N2O7. The number of carboxylic acids is 1. The highest BCUT2D eigenvalue weighted by atomic mass is 16.7. The molecule has 0 unspecified atom stereocenters. The van der Waals surface area contributed by atoms with E-state index in [0.717, 1.165) is 0 Å². The van der Waals surface area contributed by atoms with E-state index in [1.807, 2.05) is 0 Å². The van der Waals surface area contributed by atoms with Crippen molar-refractivity contribution in [3.63, 3.8) is 0 Å². The average molecular weight is 396 g/mol. The first-order valence-corrected chi connectivity index (χ1v) is 8.50. The van der Waals surface area contributed by atoms with Gasteiger partial charge in [0.15, 0.2) is 11.5 Å². The zero-order chi connectivity index (χ0) is 20.4. The van der Waals surface area contributed by atoms with E-state index in [2.05, 4.69) is 9.97 Å². The van der Waals surface area contributed by atoms with Crippen LogP contribution in [0, 0.1) is 0 Å². The van der Waals surface area contributed by atoms with Crippen LogP contribution in [0.15, 0.2) is 42.5 Å². The Kier molecular flexibility index (Phi) is 4.78. The number of hydrogen-bond acceptors (Lipinski definition) is 8. The Hall–Kier alpha value is -4.01. The molecule has 1 aliphatic rings. The fourth-order valence-electron chi connectivity index (χ4n) is 2.88. The quantitative estimate of drug-likeness (QED) is 0.670. The molecule has 9 heteroatoms. The molecule has 0 bridgehead atoms. The molecule has 9 nitrogen and oxygen atoms in total. The van der Waals surface area contributed by atoms with Gasteiger partial charge in [-0.1, -0.05) is 18.2 Å². The van der Waals surface area contributed by atoms with Gasteiger partial charge in [0.05, 0.1) is 20.3 Å². The van der Waals surface area contributed by atoms with E-state index in [-0.39, 0.29) is 35.9 Å². The number of methoxy groups -OCH3 is 2. The van der Waals surface area contributed by atoms with Crippen LogP contribution >= 0.6 is 0 Å². The Balaban J connectivity index is 1.77. The van der Waals surface area contributed by atoms with Crippen LogP contribution in [-0.4, -0.2) is 42.1 Å². The summed E-state index contributed by atoms with van der Waals surface area (Å²) < 4.78 is 26.6. The van der Waals surface area contributed by atoms with Gasteiger partial charge >= 0.3 is 12.0 Å². The van der Waals surface area contributed by atoms with Crippen LogP contribution in [0.4, 0.5) is 0 Å². The standard InChI is InChI=1S/C20H16N2O7/c1-25-16-9-17(26-2)22-20(21-16)29-14-5-3-4-12(18(14)19(23)24)11-6-7-13-15(8-11)28-10-27-13/h3-9H,10H2,1-2H3,(H,23,24). The summed E-state index contributed by atoms with van der Waals surface area (Å²) in [6.07, 6.45) is 0. The largest absolute Gasteiger partial charge is 0.481 e. The third kappa shape index (κ3) is 3.57. The van der Waals surface area contributed by atoms with Gasteiger partial charge in [0, 0.05) is 5.56 Å². The Labute approximate surface area is 165 Å². The molecule has 0 spiro atoms. The van der Waals surface area contributed by atoms with Crippen LogP contribution in [0.3, 0.4) is 0 Å². The minimum Gasteiger partial charge on any atom is -0.481 e. The van der Waals surface area contributed by atoms with E-state index in [4.69, 9.17) is 23.7 Å². The van der Waals surface area contributed by atoms with Crippen molar-refractivity contribution in [2.24, 2.45) is 0 Å². The first kappa shape index (κ1) is 18.4. The fraction of sp³-hybridized carbons (Fsp3) is 0.150. The number of ether oxygens (including phenoxy) is 5. The number of carbonyl (C=O) groups is 1. The first-order valence-electron chi connectivity index (χ1n) is 8.50.